The number of rotatable bonds is 4. The summed E-state index contributed by atoms with van der Waals surface area (Å²) in [6, 6.07) is 5.43. The molecule has 0 amide bonds. The minimum atomic E-state index is 0.275. The summed E-state index contributed by atoms with van der Waals surface area (Å²) in [5, 5.41) is 12.4. The average molecular weight is 222 g/mol. The molecule has 0 bridgehead atoms. The standard InChI is InChI=1S/C10H14N4S/c1-7(15-2)6-13-10-4-3-8(12)9(5-11)14-10/h3-4,7H,6,12H2,1-2H3,(H,13,14). The van der Waals surface area contributed by atoms with E-state index in [9.17, 15) is 0 Å². The molecule has 4 nitrogen and oxygen atoms in total. The van der Waals surface area contributed by atoms with Gasteiger partial charge < -0.3 is 11.1 Å². The Morgan fingerprint density at radius 3 is 3.00 bits per heavy atom. The second kappa shape index (κ2) is 5.47. The van der Waals surface area contributed by atoms with Crippen molar-refractivity contribution in [2.24, 2.45) is 0 Å². The van der Waals surface area contributed by atoms with Gasteiger partial charge in [0.25, 0.3) is 0 Å². The third-order valence-corrected chi connectivity index (χ3v) is 2.98. The van der Waals surface area contributed by atoms with Gasteiger partial charge in [-0.2, -0.15) is 17.0 Å². The van der Waals surface area contributed by atoms with Crippen molar-refractivity contribution in [3.8, 4) is 6.07 Å². The molecular weight excluding hydrogens is 208 g/mol. The lowest BCUT2D eigenvalue weighted by Gasteiger charge is -2.10. The van der Waals surface area contributed by atoms with Gasteiger partial charge >= 0.3 is 0 Å². The van der Waals surface area contributed by atoms with Crippen LogP contribution in [0.1, 0.15) is 12.6 Å². The van der Waals surface area contributed by atoms with E-state index in [0.717, 1.165) is 6.54 Å². The normalized spacial score (nSPS) is 11.8. The Bertz CT molecular complexity index is 372. The number of nitrogens with two attached hydrogens (primary N) is 1. The van der Waals surface area contributed by atoms with Crippen molar-refractivity contribution < 1.29 is 0 Å². The minimum absolute atomic E-state index is 0.275. The van der Waals surface area contributed by atoms with Crippen LogP contribution < -0.4 is 11.1 Å². The highest BCUT2D eigenvalue weighted by molar-refractivity contribution is 7.99. The Kier molecular flexibility index (Phi) is 4.25. The zero-order chi connectivity index (χ0) is 11.3. The lowest BCUT2D eigenvalue weighted by atomic mass is 10.3. The first-order valence-corrected chi connectivity index (χ1v) is 5.89. The van der Waals surface area contributed by atoms with Crippen LogP contribution in [0.3, 0.4) is 0 Å². The summed E-state index contributed by atoms with van der Waals surface area (Å²) in [6.45, 7) is 2.95. The van der Waals surface area contributed by atoms with E-state index in [-0.39, 0.29) is 5.69 Å². The van der Waals surface area contributed by atoms with E-state index < -0.39 is 0 Å². The van der Waals surface area contributed by atoms with E-state index in [1.54, 1.807) is 23.9 Å². The molecule has 0 aliphatic heterocycles. The molecule has 1 atom stereocenters. The molecule has 0 spiro atoms. The summed E-state index contributed by atoms with van der Waals surface area (Å²) in [5.41, 5.74) is 6.26. The number of anilines is 2. The fraction of sp³-hybridized carbons (Fsp3) is 0.400. The van der Waals surface area contributed by atoms with Crippen molar-refractivity contribution in [2.75, 3.05) is 23.9 Å². The van der Waals surface area contributed by atoms with Gasteiger partial charge in [-0.15, -0.1) is 0 Å². The first-order chi connectivity index (χ1) is 7.17. The summed E-state index contributed by atoms with van der Waals surface area (Å²) in [4.78, 5) is 4.09. The van der Waals surface area contributed by atoms with Crippen molar-refractivity contribution in [1.82, 2.24) is 4.98 Å². The maximum Gasteiger partial charge on any atom is 0.165 e. The second-order valence-corrected chi connectivity index (χ2v) is 4.45. The maximum atomic E-state index is 8.74. The third kappa shape index (κ3) is 3.33. The van der Waals surface area contributed by atoms with Crippen molar-refractivity contribution in [2.45, 2.75) is 12.2 Å². The topological polar surface area (TPSA) is 74.7 Å². The highest BCUT2D eigenvalue weighted by Gasteiger charge is 2.03. The van der Waals surface area contributed by atoms with Gasteiger partial charge in [0, 0.05) is 11.8 Å². The monoisotopic (exact) mass is 222 g/mol. The Hall–Kier alpha value is -1.41. The Morgan fingerprint density at radius 1 is 1.67 bits per heavy atom. The average Bonchev–Trinajstić information content (AvgIpc) is 2.27. The van der Waals surface area contributed by atoms with Gasteiger partial charge in [0.05, 0.1) is 5.69 Å². The van der Waals surface area contributed by atoms with Gasteiger partial charge in [-0.3, -0.25) is 0 Å². The maximum absolute atomic E-state index is 8.74. The lowest BCUT2D eigenvalue weighted by molar-refractivity contribution is 0.990. The van der Waals surface area contributed by atoms with E-state index in [1.807, 2.05) is 6.07 Å². The van der Waals surface area contributed by atoms with Crippen LogP contribution in [0.15, 0.2) is 12.1 Å². The molecule has 1 aromatic rings. The number of thioether (sulfide) groups is 1. The predicted octanol–water partition coefficient (Wildman–Crippen LogP) is 1.70. The molecule has 1 aromatic heterocycles. The molecule has 1 heterocycles. The van der Waals surface area contributed by atoms with Gasteiger partial charge in [0.2, 0.25) is 0 Å². The SMILES string of the molecule is CSC(C)CNc1ccc(N)c(C#N)n1. The van der Waals surface area contributed by atoms with E-state index in [0.29, 0.717) is 16.8 Å². The van der Waals surface area contributed by atoms with Gasteiger partial charge in [-0.1, -0.05) is 6.92 Å². The Balaban J connectivity index is 2.67. The Morgan fingerprint density at radius 2 is 2.40 bits per heavy atom. The van der Waals surface area contributed by atoms with Crippen molar-refractivity contribution in [3.63, 3.8) is 0 Å². The molecule has 1 unspecified atom stereocenters. The van der Waals surface area contributed by atoms with Crippen LogP contribution >= 0.6 is 11.8 Å². The number of pyridine rings is 1. The highest BCUT2D eigenvalue weighted by Crippen LogP contribution is 2.13. The van der Waals surface area contributed by atoms with E-state index in [2.05, 4.69) is 23.5 Å². The van der Waals surface area contributed by atoms with Crippen LogP contribution in [0.5, 0.6) is 0 Å². The number of aromatic nitrogens is 1. The van der Waals surface area contributed by atoms with Crippen molar-refractivity contribution in [3.05, 3.63) is 17.8 Å². The first kappa shape index (κ1) is 11.7. The predicted molar refractivity (Wildman–Crippen MR) is 64.8 cm³/mol. The summed E-state index contributed by atoms with van der Waals surface area (Å²) >= 11 is 1.78. The van der Waals surface area contributed by atoms with Crippen LogP contribution in [0, 0.1) is 11.3 Å². The van der Waals surface area contributed by atoms with Gasteiger partial charge in [0.1, 0.15) is 11.9 Å². The molecule has 0 radical (unpaired) electrons. The summed E-state index contributed by atoms with van der Waals surface area (Å²) in [5.74, 6) is 0.696. The van der Waals surface area contributed by atoms with E-state index >= 15 is 0 Å². The summed E-state index contributed by atoms with van der Waals surface area (Å²) in [7, 11) is 0. The minimum Gasteiger partial charge on any atom is -0.396 e. The lowest BCUT2D eigenvalue weighted by Crippen LogP contribution is -2.13. The molecule has 5 heteroatoms. The molecule has 80 valence electrons. The van der Waals surface area contributed by atoms with Crippen LogP contribution in [-0.4, -0.2) is 23.0 Å². The number of hydrogen-bond acceptors (Lipinski definition) is 5. The molecule has 0 fully saturated rings. The van der Waals surface area contributed by atoms with Crippen LogP contribution in [0.2, 0.25) is 0 Å². The number of hydrogen-bond donors (Lipinski definition) is 2. The summed E-state index contributed by atoms with van der Waals surface area (Å²) in [6.07, 6.45) is 2.06. The van der Waals surface area contributed by atoms with Gasteiger partial charge in [-0.05, 0) is 18.4 Å². The fourth-order valence-electron chi connectivity index (χ4n) is 0.990. The highest BCUT2D eigenvalue weighted by atomic mass is 32.2. The molecule has 0 aromatic carbocycles. The number of nitriles is 1. The van der Waals surface area contributed by atoms with Gasteiger partial charge in [0.15, 0.2) is 5.69 Å². The first-order valence-electron chi connectivity index (χ1n) is 4.60. The number of nitrogens with one attached hydrogen (secondary N) is 1. The zero-order valence-corrected chi connectivity index (χ0v) is 9.64. The molecule has 0 saturated carbocycles. The van der Waals surface area contributed by atoms with Crippen LogP contribution in [-0.2, 0) is 0 Å². The Labute approximate surface area is 93.9 Å². The fourth-order valence-corrected chi connectivity index (χ4v) is 1.24. The zero-order valence-electron chi connectivity index (χ0n) is 8.82. The summed E-state index contributed by atoms with van der Waals surface area (Å²) < 4.78 is 0. The van der Waals surface area contributed by atoms with Crippen LogP contribution in [0.25, 0.3) is 0 Å². The quantitative estimate of drug-likeness (QED) is 0.811. The largest absolute Gasteiger partial charge is 0.396 e. The number of nitrogen functional groups attached to an aromatic ring is 1. The van der Waals surface area contributed by atoms with Crippen molar-refractivity contribution in [1.29, 1.82) is 5.26 Å². The smallest absolute Gasteiger partial charge is 0.165 e. The molecule has 3 N–H and O–H groups in total. The molecule has 0 aliphatic rings. The third-order valence-electron chi connectivity index (χ3n) is 2.01. The van der Waals surface area contributed by atoms with Crippen molar-refractivity contribution >= 4 is 23.3 Å². The molecule has 0 aliphatic carbocycles. The number of nitrogens with zero attached hydrogens (tertiary/aromatic N) is 2. The molecule has 1 rings (SSSR count). The second-order valence-electron chi connectivity index (χ2n) is 3.17. The molecular formula is C10H14N4S. The van der Waals surface area contributed by atoms with Gasteiger partial charge in [-0.25, -0.2) is 4.98 Å². The van der Waals surface area contributed by atoms with Crippen LogP contribution in [0.4, 0.5) is 11.5 Å². The van der Waals surface area contributed by atoms with E-state index in [4.69, 9.17) is 11.0 Å². The molecule has 0 saturated heterocycles. The molecule has 15 heavy (non-hydrogen) atoms. The van der Waals surface area contributed by atoms with E-state index in [1.165, 1.54) is 0 Å².